The summed E-state index contributed by atoms with van der Waals surface area (Å²) in [6.45, 7) is 0. The van der Waals surface area contributed by atoms with Crippen molar-refractivity contribution < 1.29 is 18.3 Å². The number of nitrogens with one attached hydrogen (secondary N) is 1. The van der Waals surface area contributed by atoms with E-state index in [1.54, 1.807) is 24.4 Å². The number of para-hydroxylation sites is 1. The molecule has 0 saturated carbocycles. The van der Waals surface area contributed by atoms with Crippen LogP contribution in [0.2, 0.25) is 0 Å². The summed E-state index contributed by atoms with van der Waals surface area (Å²) in [5, 5.41) is 19.7. The van der Waals surface area contributed by atoms with Crippen molar-refractivity contribution in [1.82, 2.24) is 4.98 Å². The highest BCUT2D eigenvalue weighted by molar-refractivity contribution is 5.94. The summed E-state index contributed by atoms with van der Waals surface area (Å²) in [7, 11) is 0. The Balaban J connectivity index is 1.95. The normalized spacial score (nSPS) is 14.2. The van der Waals surface area contributed by atoms with E-state index in [0.29, 0.717) is 21.9 Å². The predicted molar refractivity (Wildman–Crippen MR) is 83.2 cm³/mol. The molecule has 7 heteroatoms. The highest BCUT2D eigenvalue weighted by atomic mass is 19.4. The molecule has 24 heavy (non-hydrogen) atoms. The Morgan fingerprint density at radius 3 is 2.75 bits per heavy atom. The van der Waals surface area contributed by atoms with E-state index in [1.807, 2.05) is 6.07 Å². The first-order chi connectivity index (χ1) is 11.4. The fourth-order valence-corrected chi connectivity index (χ4v) is 2.77. The molecule has 120 valence electrons. The lowest BCUT2D eigenvalue weighted by Gasteiger charge is -2.07. The van der Waals surface area contributed by atoms with Gasteiger partial charge in [-0.3, -0.25) is 0 Å². The minimum Gasteiger partial charge on any atom is -0.494 e. The second-order valence-electron chi connectivity index (χ2n) is 5.42. The van der Waals surface area contributed by atoms with Crippen LogP contribution in [-0.2, 0) is 6.18 Å². The van der Waals surface area contributed by atoms with E-state index >= 15 is 0 Å². The summed E-state index contributed by atoms with van der Waals surface area (Å²) in [5.74, 6) is -0.310. The van der Waals surface area contributed by atoms with Gasteiger partial charge in [0.15, 0.2) is 5.88 Å². The van der Waals surface area contributed by atoms with Crippen LogP contribution < -0.4 is 10.4 Å². The lowest BCUT2D eigenvalue weighted by Crippen LogP contribution is -2.06. The van der Waals surface area contributed by atoms with Crippen LogP contribution in [0.25, 0.3) is 23.2 Å². The van der Waals surface area contributed by atoms with Gasteiger partial charge in [0, 0.05) is 16.2 Å². The summed E-state index contributed by atoms with van der Waals surface area (Å²) in [4.78, 5) is 2.43. The van der Waals surface area contributed by atoms with Crippen LogP contribution >= 0.6 is 0 Å². The molecule has 0 fully saturated rings. The van der Waals surface area contributed by atoms with Crippen LogP contribution in [0.5, 0.6) is 5.88 Å². The molecular formula is C17H10F3N3O. The number of azo groups is 1. The van der Waals surface area contributed by atoms with Crippen molar-refractivity contribution >= 4 is 28.9 Å². The molecular weight excluding hydrogens is 319 g/mol. The van der Waals surface area contributed by atoms with Crippen molar-refractivity contribution in [3.63, 3.8) is 0 Å². The maximum Gasteiger partial charge on any atom is 0.418 e. The van der Waals surface area contributed by atoms with Crippen LogP contribution in [0.3, 0.4) is 0 Å². The molecule has 0 amide bonds. The van der Waals surface area contributed by atoms with E-state index in [1.165, 1.54) is 12.1 Å². The van der Waals surface area contributed by atoms with Gasteiger partial charge in [-0.25, -0.2) is 0 Å². The number of halogens is 3. The van der Waals surface area contributed by atoms with Gasteiger partial charge in [-0.1, -0.05) is 24.3 Å². The van der Waals surface area contributed by atoms with E-state index in [-0.39, 0.29) is 11.4 Å². The van der Waals surface area contributed by atoms with E-state index in [9.17, 15) is 18.3 Å². The first-order valence-corrected chi connectivity index (χ1v) is 7.07. The topological polar surface area (TPSA) is 60.7 Å². The molecule has 1 aliphatic heterocycles. The zero-order valence-electron chi connectivity index (χ0n) is 12.1. The zero-order chi connectivity index (χ0) is 16.9. The number of aromatic hydroxyl groups is 1. The van der Waals surface area contributed by atoms with Crippen LogP contribution in [0, 0.1) is 0 Å². The molecule has 2 heterocycles. The smallest absolute Gasteiger partial charge is 0.418 e. The third-order valence-corrected chi connectivity index (χ3v) is 3.89. The van der Waals surface area contributed by atoms with Crippen LogP contribution in [0.15, 0.2) is 46.6 Å². The summed E-state index contributed by atoms with van der Waals surface area (Å²) in [6.07, 6.45) is -1.27. The number of hydrogen-bond donors (Lipinski definition) is 2. The largest absolute Gasteiger partial charge is 0.494 e. The molecule has 0 atom stereocenters. The number of hydrogen-bond acceptors (Lipinski definition) is 3. The van der Waals surface area contributed by atoms with Gasteiger partial charge in [0.25, 0.3) is 0 Å². The van der Waals surface area contributed by atoms with Crippen molar-refractivity contribution in [1.29, 1.82) is 0 Å². The zero-order valence-corrected chi connectivity index (χ0v) is 12.1. The van der Waals surface area contributed by atoms with Gasteiger partial charge in [0.1, 0.15) is 0 Å². The Morgan fingerprint density at radius 1 is 1.12 bits per heavy atom. The molecule has 3 aromatic rings. The number of H-pyrrole nitrogens is 1. The number of aromatic nitrogens is 1. The van der Waals surface area contributed by atoms with Gasteiger partial charge in [-0.15, -0.1) is 0 Å². The van der Waals surface area contributed by atoms with Crippen molar-refractivity contribution in [3.05, 3.63) is 58.0 Å². The molecule has 4 nitrogen and oxygen atoms in total. The Labute approximate surface area is 133 Å². The van der Waals surface area contributed by atoms with Gasteiger partial charge in [-0.2, -0.15) is 23.4 Å². The molecule has 1 aromatic heterocycles. The monoisotopic (exact) mass is 329 g/mol. The van der Waals surface area contributed by atoms with Crippen molar-refractivity contribution in [2.45, 2.75) is 6.18 Å². The summed E-state index contributed by atoms with van der Waals surface area (Å²) in [6, 6.07) is 9.20. The SMILES string of the molecule is Oc1[nH]c2c(C(F)(F)F)cccc2c1C=c1ccc2c(c1)N=NC=2. The third-order valence-electron chi connectivity index (χ3n) is 3.89. The van der Waals surface area contributed by atoms with Gasteiger partial charge >= 0.3 is 6.18 Å². The molecule has 0 aliphatic carbocycles. The second-order valence-corrected chi connectivity index (χ2v) is 5.42. The van der Waals surface area contributed by atoms with Crippen molar-refractivity contribution in [2.24, 2.45) is 10.2 Å². The number of nitrogens with zero attached hydrogens (tertiary/aromatic N) is 2. The number of aromatic amines is 1. The Bertz CT molecular complexity index is 1110. The fourth-order valence-electron chi connectivity index (χ4n) is 2.77. The molecule has 2 aromatic carbocycles. The average molecular weight is 329 g/mol. The van der Waals surface area contributed by atoms with E-state index in [0.717, 1.165) is 11.3 Å². The highest BCUT2D eigenvalue weighted by Crippen LogP contribution is 2.38. The molecule has 4 rings (SSSR count). The lowest BCUT2D eigenvalue weighted by atomic mass is 10.1. The molecule has 0 unspecified atom stereocenters. The van der Waals surface area contributed by atoms with Gasteiger partial charge in [0.2, 0.25) is 0 Å². The molecule has 1 aliphatic rings. The molecule has 2 N–H and O–H groups in total. The summed E-state index contributed by atoms with van der Waals surface area (Å²) >= 11 is 0. The standard InChI is InChI=1S/C17H10F3N3O/c18-17(19,20)13-3-1-2-11-12(16(24)22-15(11)13)6-9-4-5-10-8-21-23-14(10)7-9/h1-8,22,24H. The Hall–Kier alpha value is -3.09. The van der Waals surface area contributed by atoms with Crippen molar-refractivity contribution in [3.8, 4) is 5.88 Å². The highest BCUT2D eigenvalue weighted by Gasteiger charge is 2.33. The second kappa shape index (κ2) is 4.95. The van der Waals surface area contributed by atoms with Crippen LogP contribution in [0.4, 0.5) is 18.9 Å². The number of benzene rings is 2. The van der Waals surface area contributed by atoms with Gasteiger partial charge in [-0.05, 0) is 23.4 Å². The minimum absolute atomic E-state index is 0.136. The quantitative estimate of drug-likeness (QED) is 0.705. The lowest BCUT2D eigenvalue weighted by molar-refractivity contribution is -0.136. The Kier molecular flexibility index (Phi) is 2.99. The average Bonchev–Trinajstić information content (AvgIpc) is 3.10. The maximum absolute atomic E-state index is 13.1. The molecule has 0 spiro atoms. The van der Waals surface area contributed by atoms with Crippen LogP contribution in [-0.4, -0.2) is 10.1 Å². The molecule has 0 radical (unpaired) electrons. The Morgan fingerprint density at radius 2 is 1.96 bits per heavy atom. The minimum atomic E-state index is -4.50. The van der Waals surface area contributed by atoms with Crippen molar-refractivity contribution in [2.75, 3.05) is 0 Å². The van der Waals surface area contributed by atoms with Gasteiger partial charge < -0.3 is 10.1 Å². The summed E-state index contributed by atoms with van der Waals surface area (Å²) < 4.78 is 39.3. The number of alkyl halides is 3. The third kappa shape index (κ3) is 2.25. The van der Waals surface area contributed by atoms with E-state index in [2.05, 4.69) is 15.2 Å². The molecule has 0 saturated heterocycles. The predicted octanol–water partition coefficient (Wildman–Crippen LogP) is 3.56. The first-order valence-electron chi connectivity index (χ1n) is 7.07. The maximum atomic E-state index is 13.1. The number of fused-ring (bicyclic) bond motifs is 2. The molecule has 0 bridgehead atoms. The summed E-state index contributed by atoms with van der Waals surface area (Å²) in [5.41, 5.74) is 0.0317. The van der Waals surface area contributed by atoms with E-state index in [4.69, 9.17) is 0 Å². The number of rotatable bonds is 1. The van der Waals surface area contributed by atoms with E-state index < -0.39 is 11.7 Å². The first kappa shape index (κ1) is 14.5. The fraction of sp³-hybridized carbons (Fsp3) is 0.0588. The van der Waals surface area contributed by atoms with Gasteiger partial charge in [0.05, 0.1) is 23.0 Å². The van der Waals surface area contributed by atoms with Crippen LogP contribution in [0.1, 0.15) is 11.1 Å².